The molecule has 1 saturated heterocycles. The maximum atomic E-state index is 11.6. The number of nitrogens with one attached hydrogen (secondary N) is 1. The van der Waals surface area contributed by atoms with E-state index in [-0.39, 0.29) is 6.61 Å². The van der Waals surface area contributed by atoms with Crippen LogP contribution in [-0.2, 0) is 4.74 Å². The first-order chi connectivity index (χ1) is 8.49. The summed E-state index contributed by atoms with van der Waals surface area (Å²) in [6.45, 7) is 1.42. The van der Waals surface area contributed by atoms with Crippen LogP contribution in [0.15, 0.2) is 27.0 Å². The number of rotatable bonds is 2. The average molecular weight is 253 g/mol. The topological polar surface area (TPSA) is 133 Å². The smallest absolute Gasteiger partial charge is 0.330 e. The third-order valence-electron chi connectivity index (χ3n) is 2.95. The van der Waals surface area contributed by atoms with E-state index in [9.17, 15) is 14.7 Å². The molecule has 3 atom stereocenters. The summed E-state index contributed by atoms with van der Waals surface area (Å²) < 4.78 is 6.34. The molecule has 2 rings (SSSR count). The number of hydrogen-bond acceptors (Lipinski definition) is 5. The molecule has 1 fully saturated rings. The Labute approximate surface area is 100 Å². The van der Waals surface area contributed by atoms with Gasteiger partial charge in [-0.3, -0.25) is 14.3 Å². The zero-order valence-electron chi connectivity index (χ0n) is 9.48. The van der Waals surface area contributed by atoms with Crippen molar-refractivity contribution in [1.82, 2.24) is 9.55 Å². The molecule has 1 aliphatic heterocycles. The minimum Gasteiger partial charge on any atom is -0.390 e. The number of aliphatic hydroxyl groups is 1. The average Bonchev–Trinajstić information content (AvgIpc) is 2.57. The molecule has 96 valence electrons. The van der Waals surface area contributed by atoms with Crippen molar-refractivity contribution in [2.24, 2.45) is 5.11 Å². The van der Waals surface area contributed by atoms with E-state index < -0.39 is 29.1 Å². The van der Waals surface area contributed by atoms with Gasteiger partial charge in [0, 0.05) is 17.2 Å². The summed E-state index contributed by atoms with van der Waals surface area (Å²) in [5.41, 5.74) is 5.99. The second-order valence-corrected chi connectivity index (χ2v) is 4.13. The fourth-order valence-electron chi connectivity index (χ4n) is 1.87. The third-order valence-corrected chi connectivity index (χ3v) is 2.95. The molecule has 0 aliphatic carbocycles. The second-order valence-electron chi connectivity index (χ2n) is 4.13. The van der Waals surface area contributed by atoms with Crippen LogP contribution in [0.25, 0.3) is 10.4 Å². The van der Waals surface area contributed by atoms with Gasteiger partial charge in [0.15, 0.2) is 6.23 Å². The Kier molecular flexibility index (Phi) is 2.95. The van der Waals surface area contributed by atoms with Crippen LogP contribution in [0.4, 0.5) is 0 Å². The number of azide groups is 1. The van der Waals surface area contributed by atoms with Crippen LogP contribution in [0, 0.1) is 0 Å². The molecule has 2 N–H and O–H groups in total. The third kappa shape index (κ3) is 1.80. The van der Waals surface area contributed by atoms with Gasteiger partial charge >= 0.3 is 5.69 Å². The standard InChI is InChI=1S/C9H11N5O4/c1-9(12-13-10)5(15)4-18-7(9)14-3-2-6(16)11-8(14)17/h2-3,5,7,15H,4H2,1H3,(H,11,16,17)/t5-,7-,9-/m1/s1. The fraction of sp³-hybridized carbons (Fsp3) is 0.556. The minimum absolute atomic E-state index is 0.0637. The van der Waals surface area contributed by atoms with Gasteiger partial charge in [0.1, 0.15) is 5.54 Å². The normalized spacial score (nSPS) is 31.0. The number of hydrogen-bond donors (Lipinski definition) is 2. The van der Waals surface area contributed by atoms with Crippen molar-refractivity contribution in [3.05, 3.63) is 43.5 Å². The van der Waals surface area contributed by atoms with E-state index in [1.807, 2.05) is 0 Å². The van der Waals surface area contributed by atoms with Crippen LogP contribution >= 0.6 is 0 Å². The quantitative estimate of drug-likeness (QED) is 0.417. The Balaban J connectivity index is 2.53. The van der Waals surface area contributed by atoms with Crippen LogP contribution in [0.5, 0.6) is 0 Å². The number of nitrogens with zero attached hydrogens (tertiary/aromatic N) is 4. The van der Waals surface area contributed by atoms with Crippen molar-refractivity contribution in [2.75, 3.05) is 6.61 Å². The summed E-state index contributed by atoms with van der Waals surface area (Å²) in [4.78, 5) is 27.3. The Bertz CT molecular complexity index is 616. The molecule has 0 spiro atoms. The predicted octanol–water partition coefficient (Wildman–Crippen LogP) is -0.505. The molecule has 9 heteroatoms. The maximum absolute atomic E-state index is 11.6. The van der Waals surface area contributed by atoms with E-state index in [1.54, 1.807) is 0 Å². The second kappa shape index (κ2) is 4.30. The molecular formula is C9H11N5O4. The zero-order valence-corrected chi connectivity index (χ0v) is 9.48. The lowest BCUT2D eigenvalue weighted by Crippen LogP contribution is -2.44. The summed E-state index contributed by atoms with van der Waals surface area (Å²) in [5, 5.41) is 13.3. The van der Waals surface area contributed by atoms with Gasteiger partial charge in [-0.05, 0) is 12.5 Å². The number of aromatic amines is 1. The molecule has 1 aliphatic rings. The molecule has 0 amide bonds. The highest BCUT2D eigenvalue weighted by atomic mass is 16.5. The minimum atomic E-state index is -1.31. The number of H-pyrrole nitrogens is 1. The molecule has 0 bridgehead atoms. The lowest BCUT2D eigenvalue weighted by atomic mass is 9.97. The number of ether oxygens (including phenoxy) is 1. The van der Waals surface area contributed by atoms with Crippen molar-refractivity contribution < 1.29 is 9.84 Å². The summed E-state index contributed by atoms with van der Waals surface area (Å²) in [6.07, 6.45) is -0.764. The summed E-state index contributed by atoms with van der Waals surface area (Å²) >= 11 is 0. The first-order valence-electron chi connectivity index (χ1n) is 5.16. The molecule has 0 saturated carbocycles. The Hall–Kier alpha value is -2.09. The van der Waals surface area contributed by atoms with Gasteiger partial charge in [-0.15, -0.1) is 0 Å². The Morgan fingerprint density at radius 2 is 2.44 bits per heavy atom. The number of aliphatic hydroxyl groups excluding tert-OH is 1. The van der Waals surface area contributed by atoms with Crippen LogP contribution in [0.2, 0.25) is 0 Å². The lowest BCUT2D eigenvalue weighted by Gasteiger charge is -2.27. The molecular weight excluding hydrogens is 242 g/mol. The van der Waals surface area contributed by atoms with Gasteiger partial charge in [-0.2, -0.15) is 0 Å². The van der Waals surface area contributed by atoms with E-state index >= 15 is 0 Å². The first-order valence-corrected chi connectivity index (χ1v) is 5.16. The van der Waals surface area contributed by atoms with Crippen LogP contribution in [-0.4, -0.2) is 32.9 Å². The largest absolute Gasteiger partial charge is 0.390 e. The molecule has 9 nitrogen and oxygen atoms in total. The molecule has 0 unspecified atom stereocenters. The van der Waals surface area contributed by atoms with E-state index in [1.165, 1.54) is 13.1 Å². The molecule has 1 aromatic rings. The molecule has 2 heterocycles. The van der Waals surface area contributed by atoms with Gasteiger partial charge in [-0.1, -0.05) is 5.11 Å². The highest BCUT2D eigenvalue weighted by Crippen LogP contribution is 2.36. The van der Waals surface area contributed by atoms with Gasteiger partial charge < -0.3 is 9.84 Å². The predicted molar refractivity (Wildman–Crippen MR) is 59.9 cm³/mol. The van der Waals surface area contributed by atoms with Crippen LogP contribution < -0.4 is 11.2 Å². The van der Waals surface area contributed by atoms with Crippen molar-refractivity contribution in [2.45, 2.75) is 24.8 Å². The van der Waals surface area contributed by atoms with E-state index in [0.29, 0.717) is 0 Å². The molecule has 0 radical (unpaired) electrons. The van der Waals surface area contributed by atoms with E-state index in [2.05, 4.69) is 15.0 Å². The zero-order chi connectivity index (χ0) is 13.3. The van der Waals surface area contributed by atoms with Gasteiger partial charge in [0.25, 0.3) is 5.56 Å². The SMILES string of the molecule is C[C@@]1(N=[N+]=[N-])[C@H](O)CO[C@H]1n1ccc(=O)[nH]c1=O. The van der Waals surface area contributed by atoms with E-state index in [0.717, 1.165) is 10.6 Å². The summed E-state index contributed by atoms with van der Waals surface area (Å²) in [7, 11) is 0. The van der Waals surface area contributed by atoms with Crippen molar-refractivity contribution in [3.8, 4) is 0 Å². The first kappa shape index (κ1) is 12.4. The Morgan fingerprint density at radius 1 is 1.72 bits per heavy atom. The van der Waals surface area contributed by atoms with Crippen molar-refractivity contribution in [1.29, 1.82) is 0 Å². The highest BCUT2D eigenvalue weighted by Gasteiger charge is 2.48. The highest BCUT2D eigenvalue weighted by molar-refractivity contribution is 5.02. The lowest BCUT2D eigenvalue weighted by molar-refractivity contribution is 0.0232. The number of aromatic nitrogens is 2. The maximum Gasteiger partial charge on any atom is 0.330 e. The summed E-state index contributed by atoms with van der Waals surface area (Å²) in [6, 6.07) is 1.14. The van der Waals surface area contributed by atoms with Gasteiger partial charge in [0.2, 0.25) is 0 Å². The molecule has 0 aromatic carbocycles. The monoisotopic (exact) mass is 253 g/mol. The van der Waals surface area contributed by atoms with Gasteiger partial charge in [-0.25, -0.2) is 4.79 Å². The summed E-state index contributed by atoms with van der Waals surface area (Å²) in [5.74, 6) is 0. The fourth-order valence-corrected chi connectivity index (χ4v) is 1.87. The van der Waals surface area contributed by atoms with Crippen molar-refractivity contribution in [3.63, 3.8) is 0 Å². The Morgan fingerprint density at radius 3 is 3.06 bits per heavy atom. The van der Waals surface area contributed by atoms with Crippen LogP contribution in [0.3, 0.4) is 0 Å². The van der Waals surface area contributed by atoms with Crippen LogP contribution in [0.1, 0.15) is 13.2 Å². The molecule has 1 aromatic heterocycles. The van der Waals surface area contributed by atoms with E-state index in [4.69, 9.17) is 10.3 Å². The van der Waals surface area contributed by atoms with Gasteiger partial charge in [0.05, 0.1) is 12.7 Å². The molecule has 18 heavy (non-hydrogen) atoms. The van der Waals surface area contributed by atoms with Crippen molar-refractivity contribution >= 4 is 0 Å².